The van der Waals surface area contributed by atoms with Gasteiger partial charge in [-0.05, 0) is 43.5 Å². The number of rotatable bonds is 8. The average Bonchev–Trinajstić information content (AvgIpc) is 2.97. The van der Waals surface area contributed by atoms with Crippen molar-refractivity contribution in [3.05, 3.63) is 47.8 Å². The molecule has 1 aromatic carbocycles. The van der Waals surface area contributed by atoms with Crippen LogP contribution in [0.1, 0.15) is 24.6 Å². The lowest BCUT2D eigenvalue weighted by molar-refractivity contribution is -0.0498. The van der Waals surface area contributed by atoms with Crippen molar-refractivity contribution in [3.63, 3.8) is 0 Å². The zero-order valence-corrected chi connectivity index (χ0v) is 11.9. The second-order valence-corrected chi connectivity index (χ2v) is 4.92. The third-order valence-electron chi connectivity index (χ3n) is 3.21. The number of alkyl halides is 2. The minimum Gasteiger partial charge on any atom is -0.435 e. The Bertz CT molecular complexity index is 514. The maximum Gasteiger partial charge on any atom is 0.387 e. The Morgan fingerprint density at radius 1 is 1.24 bits per heavy atom. The topological polar surface area (TPSA) is 49.9 Å². The second-order valence-electron chi connectivity index (χ2n) is 4.92. The standard InChI is InChI=1S/C15H19F2N3O/c1-11(18-10-13-8-9-19-20-13)2-3-12-4-6-14(7-5-12)21-15(16)17/h4-9,11,15,18H,2-3,10H2,1H3,(H,19,20). The lowest BCUT2D eigenvalue weighted by Gasteiger charge is -2.13. The number of hydrogen-bond acceptors (Lipinski definition) is 3. The normalized spacial score (nSPS) is 12.6. The zero-order valence-electron chi connectivity index (χ0n) is 11.9. The molecule has 2 aromatic rings. The van der Waals surface area contributed by atoms with Crippen molar-refractivity contribution in [1.82, 2.24) is 15.5 Å². The molecule has 2 rings (SSSR count). The van der Waals surface area contributed by atoms with Crippen LogP contribution in [0, 0.1) is 0 Å². The molecule has 6 heteroatoms. The second kappa shape index (κ2) is 7.73. The Hall–Kier alpha value is -1.95. The predicted octanol–water partition coefficient (Wildman–Crippen LogP) is 3.12. The number of nitrogens with one attached hydrogen (secondary N) is 2. The quantitative estimate of drug-likeness (QED) is 0.786. The lowest BCUT2D eigenvalue weighted by atomic mass is 10.1. The van der Waals surface area contributed by atoms with Crippen LogP contribution in [0.5, 0.6) is 5.75 Å². The van der Waals surface area contributed by atoms with E-state index in [1.165, 1.54) is 0 Å². The van der Waals surface area contributed by atoms with Gasteiger partial charge in [-0.1, -0.05) is 12.1 Å². The summed E-state index contributed by atoms with van der Waals surface area (Å²) in [5.41, 5.74) is 2.15. The van der Waals surface area contributed by atoms with Crippen molar-refractivity contribution in [2.24, 2.45) is 0 Å². The maximum absolute atomic E-state index is 12.0. The van der Waals surface area contributed by atoms with Gasteiger partial charge < -0.3 is 10.1 Å². The highest BCUT2D eigenvalue weighted by molar-refractivity contribution is 5.27. The number of aryl methyl sites for hydroxylation is 1. The molecule has 0 aliphatic rings. The van der Waals surface area contributed by atoms with Gasteiger partial charge >= 0.3 is 6.61 Å². The third-order valence-corrected chi connectivity index (χ3v) is 3.21. The molecule has 21 heavy (non-hydrogen) atoms. The Morgan fingerprint density at radius 2 is 2.00 bits per heavy atom. The highest BCUT2D eigenvalue weighted by Gasteiger charge is 2.05. The number of H-pyrrole nitrogens is 1. The molecule has 2 N–H and O–H groups in total. The molecule has 1 unspecified atom stereocenters. The molecule has 1 atom stereocenters. The van der Waals surface area contributed by atoms with Crippen molar-refractivity contribution in [2.45, 2.75) is 39.0 Å². The van der Waals surface area contributed by atoms with Gasteiger partial charge in [-0.15, -0.1) is 0 Å². The van der Waals surface area contributed by atoms with Crippen LogP contribution in [-0.2, 0) is 13.0 Å². The first-order valence-corrected chi connectivity index (χ1v) is 6.89. The van der Waals surface area contributed by atoms with E-state index < -0.39 is 6.61 Å². The van der Waals surface area contributed by atoms with E-state index in [0.717, 1.165) is 30.6 Å². The number of hydrogen-bond donors (Lipinski definition) is 2. The summed E-state index contributed by atoms with van der Waals surface area (Å²) in [4.78, 5) is 0. The molecule has 1 aromatic heterocycles. The number of aromatic nitrogens is 2. The first kappa shape index (κ1) is 15.4. The fourth-order valence-corrected chi connectivity index (χ4v) is 1.99. The van der Waals surface area contributed by atoms with Crippen molar-refractivity contribution in [1.29, 1.82) is 0 Å². The Kier molecular flexibility index (Phi) is 5.68. The van der Waals surface area contributed by atoms with Gasteiger partial charge in [0.25, 0.3) is 0 Å². The Morgan fingerprint density at radius 3 is 2.62 bits per heavy atom. The molecular formula is C15H19F2N3O. The van der Waals surface area contributed by atoms with Gasteiger partial charge in [0.2, 0.25) is 0 Å². The first-order valence-electron chi connectivity index (χ1n) is 6.89. The number of aromatic amines is 1. The molecule has 114 valence electrons. The highest BCUT2D eigenvalue weighted by atomic mass is 19.3. The van der Waals surface area contributed by atoms with Crippen LogP contribution in [0.3, 0.4) is 0 Å². The van der Waals surface area contributed by atoms with E-state index in [1.54, 1.807) is 18.3 Å². The minimum absolute atomic E-state index is 0.194. The first-order chi connectivity index (χ1) is 10.1. The van der Waals surface area contributed by atoms with Crippen LogP contribution in [0.15, 0.2) is 36.5 Å². The number of ether oxygens (including phenoxy) is 1. The molecule has 0 fully saturated rings. The highest BCUT2D eigenvalue weighted by Crippen LogP contribution is 2.16. The lowest BCUT2D eigenvalue weighted by Crippen LogP contribution is -2.26. The van der Waals surface area contributed by atoms with Crippen LogP contribution < -0.4 is 10.1 Å². The van der Waals surface area contributed by atoms with E-state index in [0.29, 0.717) is 6.04 Å². The van der Waals surface area contributed by atoms with Crippen LogP contribution >= 0.6 is 0 Å². The summed E-state index contributed by atoms with van der Waals surface area (Å²) in [5.74, 6) is 0.194. The Balaban J connectivity index is 1.71. The van der Waals surface area contributed by atoms with Crippen molar-refractivity contribution in [2.75, 3.05) is 0 Å². The largest absolute Gasteiger partial charge is 0.435 e. The van der Waals surface area contributed by atoms with Crippen LogP contribution in [0.2, 0.25) is 0 Å². The molecule has 1 heterocycles. The van der Waals surface area contributed by atoms with Crippen molar-refractivity contribution in [3.8, 4) is 5.75 Å². The number of nitrogens with zero attached hydrogens (tertiary/aromatic N) is 1. The SMILES string of the molecule is CC(CCc1ccc(OC(F)F)cc1)NCc1ccn[nH]1. The smallest absolute Gasteiger partial charge is 0.387 e. The molecule has 0 radical (unpaired) electrons. The predicted molar refractivity (Wildman–Crippen MR) is 76.3 cm³/mol. The van der Waals surface area contributed by atoms with Gasteiger partial charge in [-0.25, -0.2) is 0 Å². The van der Waals surface area contributed by atoms with E-state index >= 15 is 0 Å². The van der Waals surface area contributed by atoms with Crippen molar-refractivity contribution >= 4 is 0 Å². The summed E-state index contributed by atoms with van der Waals surface area (Å²) in [6, 6.07) is 9.07. The van der Waals surface area contributed by atoms with E-state index in [2.05, 4.69) is 27.2 Å². The number of halogens is 2. The minimum atomic E-state index is -2.78. The molecule has 0 spiro atoms. The van der Waals surface area contributed by atoms with Crippen molar-refractivity contribution < 1.29 is 13.5 Å². The molecule has 0 aliphatic carbocycles. The van der Waals surface area contributed by atoms with Crippen LogP contribution in [0.25, 0.3) is 0 Å². The summed E-state index contributed by atoms with van der Waals surface area (Å²) in [5, 5.41) is 10.2. The van der Waals surface area contributed by atoms with Gasteiger partial charge in [0.1, 0.15) is 5.75 Å². The van der Waals surface area contributed by atoms with Crippen LogP contribution in [-0.4, -0.2) is 22.9 Å². The van der Waals surface area contributed by atoms with Gasteiger partial charge in [0.15, 0.2) is 0 Å². The molecule has 0 saturated heterocycles. The fourth-order valence-electron chi connectivity index (χ4n) is 1.99. The third kappa shape index (κ3) is 5.51. The van der Waals surface area contributed by atoms with E-state index in [9.17, 15) is 8.78 Å². The molecule has 0 amide bonds. The zero-order chi connectivity index (χ0) is 15.1. The average molecular weight is 295 g/mol. The molecule has 0 aliphatic heterocycles. The van der Waals surface area contributed by atoms with Crippen LogP contribution in [0.4, 0.5) is 8.78 Å². The molecule has 0 bridgehead atoms. The molecule has 4 nitrogen and oxygen atoms in total. The van der Waals surface area contributed by atoms with Gasteiger partial charge in [0.05, 0.1) is 0 Å². The van der Waals surface area contributed by atoms with Gasteiger partial charge in [-0.2, -0.15) is 13.9 Å². The summed E-state index contributed by atoms with van der Waals surface area (Å²) in [6.45, 7) is 0.0926. The fraction of sp³-hybridized carbons (Fsp3) is 0.400. The van der Waals surface area contributed by atoms with E-state index in [1.807, 2.05) is 18.2 Å². The maximum atomic E-state index is 12.0. The molecular weight excluding hydrogens is 276 g/mol. The van der Waals surface area contributed by atoms with E-state index in [4.69, 9.17) is 0 Å². The summed E-state index contributed by atoms with van der Waals surface area (Å²) in [6.07, 6.45) is 3.57. The Labute approximate surface area is 122 Å². The van der Waals surface area contributed by atoms with E-state index in [-0.39, 0.29) is 5.75 Å². The monoisotopic (exact) mass is 295 g/mol. The molecule has 0 saturated carbocycles. The van der Waals surface area contributed by atoms with Gasteiger partial charge in [0, 0.05) is 24.5 Å². The number of benzene rings is 1. The summed E-state index contributed by atoms with van der Waals surface area (Å²) in [7, 11) is 0. The summed E-state index contributed by atoms with van der Waals surface area (Å²) < 4.78 is 28.4. The van der Waals surface area contributed by atoms with Gasteiger partial charge in [-0.3, -0.25) is 5.10 Å². The summed E-state index contributed by atoms with van der Waals surface area (Å²) >= 11 is 0.